The predicted octanol–water partition coefficient (Wildman–Crippen LogP) is 5.95. The van der Waals surface area contributed by atoms with Gasteiger partial charge in [-0.2, -0.15) is 0 Å². The van der Waals surface area contributed by atoms with Gasteiger partial charge >= 0.3 is 0 Å². The lowest BCUT2D eigenvalue weighted by Crippen LogP contribution is -2.29. The Balaban J connectivity index is 1.73. The zero-order chi connectivity index (χ0) is 22.6. The van der Waals surface area contributed by atoms with E-state index in [9.17, 15) is 14.0 Å². The number of amides is 1. The fourth-order valence-corrected chi connectivity index (χ4v) is 4.35. The summed E-state index contributed by atoms with van der Waals surface area (Å²) < 4.78 is 19.6. The van der Waals surface area contributed by atoms with Crippen LogP contribution in [0.25, 0.3) is 11.0 Å². The van der Waals surface area contributed by atoms with E-state index in [2.05, 4.69) is 0 Å². The summed E-state index contributed by atoms with van der Waals surface area (Å²) in [5, 5.41) is 0.764. The molecule has 1 amide bonds. The van der Waals surface area contributed by atoms with Gasteiger partial charge in [0.2, 0.25) is 5.76 Å². The van der Waals surface area contributed by atoms with Gasteiger partial charge in [-0.25, -0.2) is 4.39 Å². The van der Waals surface area contributed by atoms with Gasteiger partial charge in [0.25, 0.3) is 5.91 Å². The molecule has 1 unspecified atom stereocenters. The van der Waals surface area contributed by atoms with Crippen LogP contribution in [0.3, 0.4) is 0 Å². The highest BCUT2D eigenvalue weighted by molar-refractivity contribution is 6.32. The molecular formula is C26H19ClFNO3. The number of benzene rings is 3. The second-order valence-corrected chi connectivity index (χ2v) is 8.55. The minimum Gasteiger partial charge on any atom is -0.450 e. The van der Waals surface area contributed by atoms with Crippen LogP contribution < -0.4 is 5.43 Å². The molecule has 32 heavy (non-hydrogen) atoms. The third-order valence-corrected chi connectivity index (χ3v) is 6.31. The largest absolute Gasteiger partial charge is 0.450 e. The first-order valence-electron chi connectivity index (χ1n) is 10.2. The SMILES string of the molecule is Cc1ccc(CN2C(=O)c3oc4cc(C)c(Cl)cc4c(=O)c3C2c2ccc(F)cc2)cc1. The first-order chi connectivity index (χ1) is 15.3. The van der Waals surface area contributed by atoms with Crippen molar-refractivity contribution in [3.63, 3.8) is 0 Å². The first-order valence-corrected chi connectivity index (χ1v) is 10.6. The molecule has 0 spiro atoms. The quantitative estimate of drug-likeness (QED) is 0.390. The zero-order valence-corrected chi connectivity index (χ0v) is 18.2. The van der Waals surface area contributed by atoms with Crippen LogP contribution in [0.1, 0.15) is 44.4 Å². The van der Waals surface area contributed by atoms with Crippen LogP contribution in [0.5, 0.6) is 0 Å². The van der Waals surface area contributed by atoms with E-state index in [1.807, 2.05) is 38.1 Å². The molecule has 4 aromatic rings. The predicted molar refractivity (Wildman–Crippen MR) is 122 cm³/mol. The van der Waals surface area contributed by atoms with E-state index in [1.165, 1.54) is 12.1 Å². The molecule has 0 N–H and O–H groups in total. The maximum absolute atomic E-state index is 13.6. The number of aryl methyl sites for hydroxylation is 2. The van der Waals surface area contributed by atoms with E-state index < -0.39 is 11.9 Å². The number of carbonyl (C=O) groups excluding carboxylic acids is 1. The molecule has 1 atom stereocenters. The maximum Gasteiger partial charge on any atom is 0.291 e. The van der Waals surface area contributed by atoms with Gasteiger partial charge in [-0.15, -0.1) is 0 Å². The molecule has 160 valence electrons. The Labute approximate surface area is 188 Å². The first kappa shape index (κ1) is 20.5. The number of fused-ring (bicyclic) bond motifs is 2. The lowest BCUT2D eigenvalue weighted by molar-refractivity contribution is 0.0714. The van der Waals surface area contributed by atoms with Crippen molar-refractivity contribution < 1.29 is 13.6 Å². The van der Waals surface area contributed by atoms with Gasteiger partial charge in [0.15, 0.2) is 5.43 Å². The van der Waals surface area contributed by atoms with Crippen molar-refractivity contribution in [3.05, 3.63) is 115 Å². The van der Waals surface area contributed by atoms with E-state index in [-0.39, 0.29) is 29.2 Å². The van der Waals surface area contributed by atoms with E-state index in [0.29, 0.717) is 21.6 Å². The standard InChI is InChI=1S/C26H19ClFNO3/c1-14-3-5-16(6-4-14)13-29-23(17-7-9-18(28)10-8-17)22-24(30)19-12-20(27)15(2)11-21(19)32-25(22)26(29)31/h3-12,23H,13H2,1-2H3. The van der Waals surface area contributed by atoms with Crippen LogP contribution in [0.15, 0.2) is 69.9 Å². The number of carbonyl (C=O) groups is 1. The zero-order valence-electron chi connectivity index (χ0n) is 17.5. The number of hydrogen-bond donors (Lipinski definition) is 0. The summed E-state index contributed by atoms with van der Waals surface area (Å²) in [6, 6.07) is 16.2. The van der Waals surface area contributed by atoms with Crippen LogP contribution in [0.2, 0.25) is 5.02 Å². The topological polar surface area (TPSA) is 50.5 Å². The third kappa shape index (κ3) is 3.30. The van der Waals surface area contributed by atoms with Gasteiger partial charge in [0, 0.05) is 11.6 Å². The molecule has 6 heteroatoms. The summed E-state index contributed by atoms with van der Waals surface area (Å²) >= 11 is 6.26. The van der Waals surface area contributed by atoms with Gasteiger partial charge in [0.05, 0.1) is 17.0 Å². The highest BCUT2D eigenvalue weighted by atomic mass is 35.5. The normalized spacial score (nSPS) is 15.4. The molecule has 0 saturated heterocycles. The second kappa shape index (κ2) is 7.61. The van der Waals surface area contributed by atoms with Crippen LogP contribution in [-0.4, -0.2) is 10.8 Å². The van der Waals surface area contributed by atoms with Crippen molar-refractivity contribution in [3.8, 4) is 0 Å². The highest BCUT2D eigenvalue weighted by Gasteiger charge is 2.42. The molecule has 1 aromatic heterocycles. The minimum absolute atomic E-state index is 0.0191. The van der Waals surface area contributed by atoms with E-state index in [4.69, 9.17) is 16.0 Å². The molecule has 1 aliphatic rings. The van der Waals surface area contributed by atoms with Gasteiger partial charge in [0.1, 0.15) is 11.4 Å². The molecular weight excluding hydrogens is 429 g/mol. The Morgan fingerprint density at radius 2 is 1.69 bits per heavy atom. The van der Waals surface area contributed by atoms with Crippen LogP contribution in [0.4, 0.5) is 4.39 Å². The molecule has 5 rings (SSSR count). The van der Waals surface area contributed by atoms with Crippen LogP contribution >= 0.6 is 11.6 Å². The van der Waals surface area contributed by atoms with Crippen molar-refractivity contribution in [2.75, 3.05) is 0 Å². The Morgan fingerprint density at radius 1 is 1.00 bits per heavy atom. The fraction of sp³-hybridized carbons (Fsp3) is 0.154. The van der Waals surface area contributed by atoms with E-state index in [0.717, 1.165) is 16.7 Å². The number of nitrogens with zero attached hydrogens (tertiary/aromatic N) is 1. The molecule has 0 saturated carbocycles. The Bertz CT molecular complexity index is 1430. The van der Waals surface area contributed by atoms with Crippen molar-refractivity contribution in [2.24, 2.45) is 0 Å². The average Bonchev–Trinajstić information content (AvgIpc) is 3.04. The monoisotopic (exact) mass is 447 g/mol. The summed E-state index contributed by atoms with van der Waals surface area (Å²) in [4.78, 5) is 28.6. The van der Waals surface area contributed by atoms with Crippen molar-refractivity contribution in [1.29, 1.82) is 0 Å². The summed E-state index contributed by atoms with van der Waals surface area (Å²) in [6.07, 6.45) is 0. The van der Waals surface area contributed by atoms with Crippen molar-refractivity contribution >= 4 is 28.5 Å². The van der Waals surface area contributed by atoms with Gasteiger partial charge in [-0.1, -0.05) is 53.6 Å². The molecule has 3 aromatic carbocycles. The Morgan fingerprint density at radius 3 is 2.38 bits per heavy atom. The number of hydrogen-bond acceptors (Lipinski definition) is 3. The smallest absolute Gasteiger partial charge is 0.291 e. The molecule has 2 heterocycles. The fourth-order valence-electron chi connectivity index (χ4n) is 4.19. The van der Waals surface area contributed by atoms with Gasteiger partial charge in [-0.05, 0) is 54.8 Å². The maximum atomic E-state index is 13.6. The highest BCUT2D eigenvalue weighted by Crippen LogP contribution is 2.39. The summed E-state index contributed by atoms with van der Waals surface area (Å²) in [5.74, 6) is -0.747. The average molecular weight is 448 g/mol. The molecule has 0 fully saturated rings. The van der Waals surface area contributed by atoms with Crippen molar-refractivity contribution in [1.82, 2.24) is 4.90 Å². The minimum atomic E-state index is -0.694. The van der Waals surface area contributed by atoms with Gasteiger partial charge < -0.3 is 9.32 Å². The van der Waals surface area contributed by atoms with Crippen LogP contribution in [-0.2, 0) is 6.54 Å². The summed E-state index contributed by atoms with van der Waals surface area (Å²) in [7, 11) is 0. The lowest BCUT2D eigenvalue weighted by Gasteiger charge is -2.25. The van der Waals surface area contributed by atoms with Crippen LogP contribution in [0, 0.1) is 19.7 Å². The van der Waals surface area contributed by atoms with E-state index >= 15 is 0 Å². The number of halogens is 2. The second-order valence-electron chi connectivity index (χ2n) is 8.14. The molecule has 0 radical (unpaired) electrons. The summed E-state index contributed by atoms with van der Waals surface area (Å²) in [5.41, 5.74) is 3.67. The number of rotatable bonds is 3. The third-order valence-electron chi connectivity index (χ3n) is 5.91. The van der Waals surface area contributed by atoms with Gasteiger partial charge in [-0.3, -0.25) is 9.59 Å². The van der Waals surface area contributed by atoms with E-state index in [1.54, 1.807) is 29.2 Å². The summed E-state index contributed by atoms with van der Waals surface area (Å²) in [6.45, 7) is 4.08. The molecule has 1 aliphatic heterocycles. The molecule has 0 aliphatic carbocycles. The molecule has 0 bridgehead atoms. The molecule has 4 nitrogen and oxygen atoms in total. The van der Waals surface area contributed by atoms with Crippen molar-refractivity contribution in [2.45, 2.75) is 26.4 Å². The Kier molecular flexibility index (Phi) is 4.86. The lowest BCUT2D eigenvalue weighted by atomic mass is 9.98. The Hall–Kier alpha value is -3.44.